The molecule has 1 aromatic carbocycles. The second-order valence-electron chi connectivity index (χ2n) is 9.68. The molecule has 0 aromatic heterocycles. The summed E-state index contributed by atoms with van der Waals surface area (Å²) in [4.78, 5) is 56.6. The monoisotopic (exact) mass is 546 g/mol. The molecule has 216 valence electrons. The molecule has 1 fully saturated rings. The van der Waals surface area contributed by atoms with Crippen LogP contribution >= 0.6 is 0 Å². The molecule has 4 atom stereocenters. The van der Waals surface area contributed by atoms with Gasteiger partial charge in [-0.25, -0.2) is 4.79 Å². The van der Waals surface area contributed by atoms with E-state index in [4.69, 9.17) is 22.9 Å². The first-order valence-electron chi connectivity index (χ1n) is 13.3. The van der Waals surface area contributed by atoms with Crippen LogP contribution in [0, 0.1) is 0 Å². The Bertz CT molecular complexity index is 986. The minimum Gasteiger partial charge on any atom is -0.480 e. The van der Waals surface area contributed by atoms with E-state index in [0.717, 1.165) is 5.56 Å². The number of carboxylic acid groups (broad SMARTS) is 1. The lowest BCUT2D eigenvalue weighted by atomic mass is 10.0. The van der Waals surface area contributed by atoms with Crippen LogP contribution in [0.2, 0.25) is 0 Å². The number of rotatable bonds is 16. The van der Waals surface area contributed by atoms with Crippen LogP contribution in [0.5, 0.6) is 0 Å². The molecule has 13 heteroatoms. The summed E-state index contributed by atoms with van der Waals surface area (Å²) >= 11 is 0. The maximum Gasteiger partial charge on any atom is 0.326 e. The Balaban J connectivity index is 2.11. The number of carbonyl (C=O) groups is 4. The number of unbranched alkanes of at least 4 members (excludes halogenated alkanes) is 1. The molecule has 1 aliphatic rings. The Morgan fingerprint density at radius 2 is 1.72 bits per heavy atom. The van der Waals surface area contributed by atoms with Crippen molar-refractivity contribution in [2.75, 3.05) is 19.6 Å². The van der Waals surface area contributed by atoms with Gasteiger partial charge in [-0.05, 0) is 63.5 Å². The minimum atomic E-state index is -1.14. The van der Waals surface area contributed by atoms with Crippen LogP contribution in [0.25, 0.3) is 0 Å². The number of aliphatic carboxylic acids is 1. The number of nitrogens with zero attached hydrogens (tertiary/aromatic N) is 2. The number of aliphatic imine (C=N–C) groups is 1. The van der Waals surface area contributed by atoms with Crippen LogP contribution in [0.1, 0.15) is 50.5 Å². The van der Waals surface area contributed by atoms with Gasteiger partial charge in [0, 0.05) is 13.1 Å². The summed E-state index contributed by atoms with van der Waals surface area (Å²) in [5.74, 6) is -2.69. The summed E-state index contributed by atoms with van der Waals surface area (Å²) < 4.78 is 0. The van der Waals surface area contributed by atoms with Crippen molar-refractivity contribution >= 4 is 29.7 Å². The molecule has 1 heterocycles. The maximum absolute atomic E-state index is 13.6. The van der Waals surface area contributed by atoms with E-state index in [1.165, 1.54) is 4.90 Å². The van der Waals surface area contributed by atoms with Crippen LogP contribution in [-0.4, -0.2) is 83.5 Å². The Labute approximate surface area is 228 Å². The van der Waals surface area contributed by atoms with Gasteiger partial charge in [0.1, 0.15) is 18.1 Å². The standard InChI is InChI=1S/C26H42N8O5/c27-13-5-4-10-20(25(38)39)33-23(36)21-12-7-15-34(21)24(37)19(11-6-14-31-26(29)30)32-22(35)18(28)16-17-8-2-1-3-9-17/h1-3,8-9,18-21H,4-7,10-16,27-28H2,(H,32,35)(H,33,36)(H,38,39)(H4,29,30,31). The van der Waals surface area contributed by atoms with Gasteiger partial charge >= 0.3 is 5.97 Å². The fourth-order valence-corrected chi connectivity index (χ4v) is 4.52. The van der Waals surface area contributed by atoms with Gasteiger partial charge in [0.05, 0.1) is 6.04 Å². The molecule has 0 radical (unpaired) electrons. The van der Waals surface area contributed by atoms with Gasteiger partial charge in [0.2, 0.25) is 17.7 Å². The Morgan fingerprint density at radius 1 is 1.03 bits per heavy atom. The van der Waals surface area contributed by atoms with E-state index in [1.807, 2.05) is 30.3 Å². The first-order chi connectivity index (χ1) is 18.6. The highest BCUT2D eigenvalue weighted by atomic mass is 16.4. The van der Waals surface area contributed by atoms with Crippen molar-refractivity contribution in [3.05, 3.63) is 35.9 Å². The maximum atomic E-state index is 13.6. The van der Waals surface area contributed by atoms with E-state index in [9.17, 15) is 24.3 Å². The second kappa shape index (κ2) is 16.3. The van der Waals surface area contributed by atoms with Gasteiger partial charge in [-0.15, -0.1) is 0 Å². The fourth-order valence-electron chi connectivity index (χ4n) is 4.52. The summed E-state index contributed by atoms with van der Waals surface area (Å²) in [5, 5.41) is 14.8. The van der Waals surface area contributed by atoms with Gasteiger partial charge in [-0.3, -0.25) is 19.4 Å². The van der Waals surface area contributed by atoms with E-state index in [-0.39, 0.29) is 31.8 Å². The van der Waals surface area contributed by atoms with Crippen molar-refractivity contribution in [2.45, 2.75) is 75.5 Å². The van der Waals surface area contributed by atoms with Gasteiger partial charge in [-0.2, -0.15) is 0 Å². The number of nitrogens with two attached hydrogens (primary N) is 4. The van der Waals surface area contributed by atoms with E-state index in [2.05, 4.69) is 15.6 Å². The SMILES string of the molecule is NCCCCC(NC(=O)C1CCCN1C(=O)C(CCCN=C(N)N)NC(=O)C(N)Cc1ccccc1)C(=O)O. The lowest BCUT2D eigenvalue weighted by molar-refractivity contribution is -0.145. The molecule has 0 aliphatic carbocycles. The Hall–Kier alpha value is -3.71. The number of carboxylic acids is 1. The number of likely N-dealkylation sites (tertiary alicyclic amines) is 1. The van der Waals surface area contributed by atoms with Crippen molar-refractivity contribution < 1.29 is 24.3 Å². The molecule has 2 rings (SSSR count). The average molecular weight is 547 g/mol. The van der Waals surface area contributed by atoms with Gasteiger partial charge in [-0.1, -0.05) is 30.3 Å². The van der Waals surface area contributed by atoms with E-state index in [0.29, 0.717) is 45.2 Å². The van der Waals surface area contributed by atoms with Crippen LogP contribution in [0.4, 0.5) is 0 Å². The van der Waals surface area contributed by atoms with Crippen molar-refractivity contribution in [1.82, 2.24) is 15.5 Å². The molecular formula is C26H42N8O5. The summed E-state index contributed by atoms with van der Waals surface area (Å²) in [5.41, 5.74) is 23.3. The van der Waals surface area contributed by atoms with Gasteiger partial charge in [0.25, 0.3) is 0 Å². The second-order valence-corrected chi connectivity index (χ2v) is 9.68. The number of nitrogens with one attached hydrogen (secondary N) is 2. The average Bonchev–Trinajstić information content (AvgIpc) is 3.40. The number of carbonyl (C=O) groups excluding carboxylic acids is 3. The smallest absolute Gasteiger partial charge is 0.326 e. The molecule has 0 spiro atoms. The van der Waals surface area contributed by atoms with Crippen LogP contribution in [-0.2, 0) is 25.6 Å². The first kappa shape index (κ1) is 31.5. The van der Waals surface area contributed by atoms with E-state index < -0.39 is 47.9 Å². The zero-order valence-electron chi connectivity index (χ0n) is 22.3. The molecule has 39 heavy (non-hydrogen) atoms. The Kier molecular flexibility index (Phi) is 13.2. The zero-order chi connectivity index (χ0) is 28.8. The van der Waals surface area contributed by atoms with Crippen molar-refractivity contribution in [1.29, 1.82) is 0 Å². The molecule has 13 nitrogen and oxygen atoms in total. The summed E-state index contributed by atoms with van der Waals surface area (Å²) in [6, 6.07) is 5.52. The normalized spacial score (nSPS) is 17.1. The highest BCUT2D eigenvalue weighted by Gasteiger charge is 2.39. The quantitative estimate of drug-likeness (QED) is 0.0747. The highest BCUT2D eigenvalue weighted by molar-refractivity contribution is 5.94. The molecule has 0 saturated carbocycles. The molecule has 1 saturated heterocycles. The number of hydrogen-bond donors (Lipinski definition) is 7. The third kappa shape index (κ3) is 10.5. The van der Waals surface area contributed by atoms with E-state index in [1.54, 1.807) is 0 Å². The summed E-state index contributed by atoms with van der Waals surface area (Å²) in [6.07, 6.45) is 3.29. The molecule has 3 amide bonds. The topological polar surface area (TPSA) is 232 Å². The predicted octanol–water partition coefficient (Wildman–Crippen LogP) is -1.22. The van der Waals surface area contributed by atoms with Crippen LogP contribution in [0.15, 0.2) is 35.3 Å². The zero-order valence-corrected chi connectivity index (χ0v) is 22.3. The van der Waals surface area contributed by atoms with Crippen LogP contribution < -0.4 is 33.6 Å². The fraction of sp³-hybridized carbons (Fsp3) is 0.577. The van der Waals surface area contributed by atoms with Crippen molar-refractivity contribution in [3.8, 4) is 0 Å². The third-order valence-electron chi connectivity index (χ3n) is 6.60. The number of amides is 3. The lowest BCUT2D eigenvalue weighted by Crippen LogP contribution is -2.57. The lowest BCUT2D eigenvalue weighted by Gasteiger charge is -2.30. The van der Waals surface area contributed by atoms with Crippen molar-refractivity contribution in [3.63, 3.8) is 0 Å². The molecule has 1 aliphatic heterocycles. The minimum absolute atomic E-state index is 0.0810. The van der Waals surface area contributed by atoms with Crippen LogP contribution in [0.3, 0.4) is 0 Å². The van der Waals surface area contributed by atoms with Gasteiger partial charge in [0.15, 0.2) is 5.96 Å². The number of benzene rings is 1. The van der Waals surface area contributed by atoms with Gasteiger partial charge < -0.3 is 43.6 Å². The molecule has 0 bridgehead atoms. The summed E-state index contributed by atoms with van der Waals surface area (Å²) in [7, 11) is 0. The molecule has 11 N–H and O–H groups in total. The number of hydrogen-bond acceptors (Lipinski definition) is 7. The molecule has 4 unspecified atom stereocenters. The third-order valence-corrected chi connectivity index (χ3v) is 6.60. The predicted molar refractivity (Wildman–Crippen MR) is 147 cm³/mol. The first-order valence-corrected chi connectivity index (χ1v) is 13.3. The molecule has 1 aromatic rings. The highest BCUT2D eigenvalue weighted by Crippen LogP contribution is 2.20. The largest absolute Gasteiger partial charge is 0.480 e. The van der Waals surface area contributed by atoms with E-state index >= 15 is 0 Å². The molecular weight excluding hydrogens is 504 g/mol. The number of guanidine groups is 1. The van der Waals surface area contributed by atoms with Crippen molar-refractivity contribution in [2.24, 2.45) is 27.9 Å². The summed E-state index contributed by atoms with van der Waals surface area (Å²) in [6.45, 7) is 0.986. The Morgan fingerprint density at radius 3 is 2.36 bits per heavy atom.